The third kappa shape index (κ3) is 3.93. The van der Waals surface area contributed by atoms with Gasteiger partial charge in [0.25, 0.3) is 0 Å². The molecule has 0 aromatic rings. The van der Waals surface area contributed by atoms with E-state index in [9.17, 15) is 5.11 Å². The normalized spacial score (nSPS) is 31.6. The molecule has 1 aliphatic carbocycles. The smallest absolute Gasteiger partial charge is 0.0501 e. The van der Waals surface area contributed by atoms with Gasteiger partial charge in [-0.1, -0.05) is 13.3 Å². The summed E-state index contributed by atoms with van der Waals surface area (Å²) in [7, 11) is 2.25. The zero-order valence-electron chi connectivity index (χ0n) is 12.7. The van der Waals surface area contributed by atoms with Crippen LogP contribution < -0.4 is 0 Å². The number of hydrogen-bond acceptors (Lipinski definition) is 3. The lowest BCUT2D eigenvalue weighted by Crippen LogP contribution is -2.46. The zero-order valence-corrected chi connectivity index (χ0v) is 12.7. The van der Waals surface area contributed by atoms with Crippen molar-refractivity contribution >= 4 is 0 Å². The Labute approximate surface area is 118 Å². The number of aliphatic hydroxyl groups excluding tert-OH is 1. The minimum Gasteiger partial charge on any atom is -0.396 e. The van der Waals surface area contributed by atoms with Crippen molar-refractivity contribution in [3.63, 3.8) is 0 Å². The first-order valence-corrected chi connectivity index (χ1v) is 8.08. The SMILES string of the molecule is CCC1CCC(N(C)CC2(CO)CCOCC2)CC1. The van der Waals surface area contributed by atoms with Crippen LogP contribution in [0.15, 0.2) is 0 Å². The summed E-state index contributed by atoms with van der Waals surface area (Å²) in [6.07, 6.45) is 8.83. The second kappa shape index (κ2) is 7.05. The molecule has 3 heteroatoms. The number of aliphatic hydroxyl groups is 1. The molecule has 0 aromatic carbocycles. The Morgan fingerprint density at radius 2 is 1.79 bits per heavy atom. The minimum atomic E-state index is 0.0919. The van der Waals surface area contributed by atoms with E-state index in [1.807, 2.05) is 0 Å². The van der Waals surface area contributed by atoms with Gasteiger partial charge in [0, 0.05) is 31.2 Å². The third-order valence-corrected chi connectivity index (χ3v) is 5.49. The molecule has 2 rings (SSSR count). The van der Waals surface area contributed by atoms with Gasteiger partial charge in [0.2, 0.25) is 0 Å². The summed E-state index contributed by atoms with van der Waals surface area (Å²) in [5.41, 5.74) is 0.0919. The van der Waals surface area contributed by atoms with Crippen molar-refractivity contribution in [3.8, 4) is 0 Å². The Kier molecular flexibility index (Phi) is 5.67. The van der Waals surface area contributed by atoms with Crippen molar-refractivity contribution in [2.75, 3.05) is 33.4 Å². The van der Waals surface area contributed by atoms with Crippen LogP contribution in [0.4, 0.5) is 0 Å². The zero-order chi connectivity index (χ0) is 13.7. The fourth-order valence-electron chi connectivity index (χ4n) is 3.82. The summed E-state index contributed by atoms with van der Waals surface area (Å²) in [5, 5.41) is 9.79. The van der Waals surface area contributed by atoms with Gasteiger partial charge in [-0.25, -0.2) is 0 Å². The second-order valence-corrected chi connectivity index (χ2v) is 6.77. The van der Waals surface area contributed by atoms with Gasteiger partial charge in [0.15, 0.2) is 0 Å². The fraction of sp³-hybridized carbons (Fsp3) is 1.00. The molecular weight excluding hydrogens is 238 g/mol. The molecule has 1 N–H and O–H groups in total. The molecule has 112 valence electrons. The quantitative estimate of drug-likeness (QED) is 0.833. The van der Waals surface area contributed by atoms with Crippen LogP contribution in [0.1, 0.15) is 51.9 Å². The summed E-state index contributed by atoms with van der Waals surface area (Å²) >= 11 is 0. The van der Waals surface area contributed by atoms with Gasteiger partial charge in [-0.3, -0.25) is 0 Å². The summed E-state index contributed by atoms with van der Waals surface area (Å²) in [4.78, 5) is 2.52. The largest absolute Gasteiger partial charge is 0.396 e. The lowest BCUT2D eigenvalue weighted by atomic mass is 9.79. The van der Waals surface area contributed by atoms with Gasteiger partial charge in [-0.05, 0) is 51.5 Å². The van der Waals surface area contributed by atoms with Gasteiger partial charge in [-0.2, -0.15) is 0 Å². The van der Waals surface area contributed by atoms with Crippen LogP contribution in [-0.2, 0) is 4.74 Å². The van der Waals surface area contributed by atoms with Crippen LogP contribution >= 0.6 is 0 Å². The molecule has 3 nitrogen and oxygen atoms in total. The minimum absolute atomic E-state index is 0.0919. The number of nitrogens with zero attached hydrogens (tertiary/aromatic N) is 1. The van der Waals surface area contributed by atoms with Crippen LogP contribution in [-0.4, -0.2) is 49.5 Å². The highest BCUT2D eigenvalue weighted by atomic mass is 16.5. The average Bonchev–Trinajstić information content (AvgIpc) is 2.48. The topological polar surface area (TPSA) is 32.7 Å². The molecule has 0 radical (unpaired) electrons. The van der Waals surface area contributed by atoms with Gasteiger partial charge in [-0.15, -0.1) is 0 Å². The second-order valence-electron chi connectivity index (χ2n) is 6.77. The molecule has 0 aromatic heterocycles. The molecule has 0 spiro atoms. The Hall–Kier alpha value is -0.120. The van der Waals surface area contributed by atoms with Crippen LogP contribution in [0, 0.1) is 11.3 Å². The number of hydrogen-bond donors (Lipinski definition) is 1. The van der Waals surface area contributed by atoms with E-state index < -0.39 is 0 Å². The lowest BCUT2D eigenvalue weighted by molar-refractivity contribution is -0.0391. The van der Waals surface area contributed by atoms with Gasteiger partial charge in [0.05, 0.1) is 6.61 Å². The highest BCUT2D eigenvalue weighted by molar-refractivity contribution is 4.87. The summed E-state index contributed by atoms with van der Waals surface area (Å²) in [6, 6.07) is 0.731. The highest BCUT2D eigenvalue weighted by Gasteiger charge is 2.35. The van der Waals surface area contributed by atoms with E-state index in [0.29, 0.717) is 6.61 Å². The highest BCUT2D eigenvalue weighted by Crippen LogP contribution is 2.34. The fourth-order valence-corrected chi connectivity index (χ4v) is 3.82. The molecule has 0 unspecified atom stereocenters. The molecule has 19 heavy (non-hydrogen) atoms. The molecule has 1 saturated carbocycles. The molecule has 0 atom stereocenters. The number of ether oxygens (including phenoxy) is 1. The lowest BCUT2D eigenvalue weighted by Gasteiger charge is -2.42. The summed E-state index contributed by atoms with van der Waals surface area (Å²) in [5.74, 6) is 0.958. The molecule has 2 aliphatic rings. The van der Waals surface area contributed by atoms with Gasteiger partial charge >= 0.3 is 0 Å². The maximum Gasteiger partial charge on any atom is 0.0501 e. The Morgan fingerprint density at radius 1 is 1.16 bits per heavy atom. The molecule has 0 amide bonds. The summed E-state index contributed by atoms with van der Waals surface area (Å²) < 4.78 is 5.45. The monoisotopic (exact) mass is 269 g/mol. The van der Waals surface area contributed by atoms with E-state index in [0.717, 1.165) is 44.6 Å². The summed E-state index contributed by atoms with van der Waals surface area (Å²) in [6.45, 7) is 5.30. The van der Waals surface area contributed by atoms with E-state index in [1.165, 1.54) is 32.1 Å². The van der Waals surface area contributed by atoms with Crippen LogP contribution in [0.5, 0.6) is 0 Å². The van der Waals surface area contributed by atoms with E-state index in [1.54, 1.807) is 0 Å². The van der Waals surface area contributed by atoms with E-state index >= 15 is 0 Å². The van der Waals surface area contributed by atoms with E-state index in [-0.39, 0.29) is 5.41 Å². The molecule has 0 bridgehead atoms. The van der Waals surface area contributed by atoms with E-state index in [4.69, 9.17) is 4.74 Å². The maximum atomic E-state index is 9.79. The molecule has 1 saturated heterocycles. The molecule has 2 fully saturated rings. The molecule has 1 aliphatic heterocycles. The Bertz CT molecular complexity index is 255. The third-order valence-electron chi connectivity index (χ3n) is 5.49. The Morgan fingerprint density at radius 3 is 2.32 bits per heavy atom. The predicted octanol–water partition coefficient (Wildman–Crippen LogP) is 2.68. The van der Waals surface area contributed by atoms with Crippen molar-refractivity contribution in [2.24, 2.45) is 11.3 Å². The van der Waals surface area contributed by atoms with Crippen LogP contribution in [0.2, 0.25) is 0 Å². The van der Waals surface area contributed by atoms with Crippen LogP contribution in [0.25, 0.3) is 0 Å². The first-order chi connectivity index (χ1) is 9.19. The predicted molar refractivity (Wildman–Crippen MR) is 78.2 cm³/mol. The van der Waals surface area contributed by atoms with Crippen molar-refractivity contribution in [3.05, 3.63) is 0 Å². The first-order valence-electron chi connectivity index (χ1n) is 8.08. The maximum absolute atomic E-state index is 9.79. The standard InChI is InChI=1S/C16H31NO2/c1-3-14-4-6-15(7-5-14)17(2)12-16(13-18)8-10-19-11-9-16/h14-15,18H,3-13H2,1-2H3. The number of rotatable bonds is 5. The van der Waals surface area contributed by atoms with E-state index in [2.05, 4.69) is 18.9 Å². The van der Waals surface area contributed by atoms with Crippen molar-refractivity contribution in [2.45, 2.75) is 57.9 Å². The molecule has 1 heterocycles. The average molecular weight is 269 g/mol. The van der Waals surface area contributed by atoms with Gasteiger partial charge < -0.3 is 14.7 Å². The van der Waals surface area contributed by atoms with Crippen LogP contribution in [0.3, 0.4) is 0 Å². The molecular formula is C16H31NO2. The van der Waals surface area contributed by atoms with Crippen molar-refractivity contribution in [1.29, 1.82) is 0 Å². The first kappa shape index (κ1) is 15.3. The van der Waals surface area contributed by atoms with Crippen molar-refractivity contribution < 1.29 is 9.84 Å². The Balaban J connectivity index is 1.84. The van der Waals surface area contributed by atoms with Crippen molar-refractivity contribution in [1.82, 2.24) is 4.90 Å². The van der Waals surface area contributed by atoms with Gasteiger partial charge in [0.1, 0.15) is 0 Å².